The zero-order valence-electron chi connectivity index (χ0n) is 10.4. The Labute approximate surface area is 110 Å². The summed E-state index contributed by atoms with van der Waals surface area (Å²) in [6.07, 6.45) is 2.32. The van der Waals surface area contributed by atoms with E-state index in [4.69, 9.17) is 0 Å². The van der Waals surface area contributed by atoms with Gasteiger partial charge in [0.05, 0.1) is 0 Å². The third kappa shape index (κ3) is 2.26. The molecule has 1 aliphatic carbocycles. The van der Waals surface area contributed by atoms with Crippen molar-refractivity contribution >= 4 is 0 Å². The van der Waals surface area contributed by atoms with Crippen molar-refractivity contribution in [2.75, 3.05) is 0 Å². The second-order valence-electron chi connectivity index (χ2n) is 4.96. The fourth-order valence-electron chi connectivity index (χ4n) is 2.64. The van der Waals surface area contributed by atoms with Crippen LogP contribution >= 0.6 is 0 Å². The van der Waals surface area contributed by atoms with Gasteiger partial charge in [0.15, 0.2) is 11.6 Å². The van der Waals surface area contributed by atoms with E-state index in [1.807, 2.05) is 18.2 Å². The van der Waals surface area contributed by atoms with Gasteiger partial charge < -0.3 is 5.11 Å². The number of benzene rings is 2. The summed E-state index contributed by atoms with van der Waals surface area (Å²) < 4.78 is 26.1. The highest BCUT2D eigenvalue weighted by molar-refractivity contribution is 5.39. The van der Waals surface area contributed by atoms with E-state index in [2.05, 4.69) is 0 Å². The van der Waals surface area contributed by atoms with Crippen molar-refractivity contribution in [3.8, 4) is 0 Å². The largest absolute Gasteiger partial charge is 0.384 e. The van der Waals surface area contributed by atoms with Crippen LogP contribution < -0.4 is 0 Å². The molecule has 3 rings (SSSR count). The fraction of sp³-hybridized carbons (Fsp3) is 0.250. The molecule has 1 atom stereocenters. The lowest BCUT2D eigenvalue weighted by molar-refractivity contribution is 0.219. The van der Waals surface area contributed by atoms with Crippen LogP contribution in [0.4, 0.5) is 8.78 Å². The number of aliphatic hydroxyl groups is 1. The number of aliphatic hydroxyl groups excluding tert-OH is 1. The van der Waals surface area contributed by atoms with Gasteiger partial charge in [-0.2, -0.15) is 0 Å². The van der Waals surface area contributed by atoms with E-state index >= 15 is 0 Å². The van der Waals surface area contributed by atoms with E-state index < -0.39 is 17.7 Å². The minimum atomic E-state index is -0.933. The Bertz CT molecular complexity index is 622. The summed E-state index contributed by atoms with van der Waals surface area (Å²) >= 11 is 0. The predicted octanol–water partition coefficient (Wildman–Crippen LogP) is 3.54. The van der Waals surface area contributed by atoms with Gasteiger partial charge in [-0.25, -0.2) is 8.78 Å². The average Bonchev–Trinajstić information content (AvgIpc) is 2.88. The van der Waals surface area contributed by atoms with Crippen molar-refractivity contribution in [2.45, 2.75) is 25.4 Å². The van der Waals surface area contributed by atoms with Crippen molar-refractivity contribution < 1.29 is 13.9 Å². The SMILES string of the molecule is OC(c1ccc(F)c(F)c1)c1ccc2c(c1)CCC2. The molecule has 0 radical (unpaired) electrons. The Morgan fingerprint density at radius 3 is 2.32 bits per heavy atom. The van der Waals surface area contributed by atoms with E-state index in [0.29, 0.717) is 5.56 Å². The summed E-state index contributed by atoms with van der Waals surface area (Å²) in [6, 6.07) is 9.34. The van der Waals surface area contributed by atoms with Crippen molar-refractivity contribution in [1.82, 2.24) is 0 Å². The van der Waals surface area contributed by atoms with Gasteiger partial charge in [0.1, 0.15) is 6.10 Å². The minimum absolute atomic E-state index is 0.372. The van der Waals surface area contributed by atoms with E-state index in [0.717, 1.165) is 37.0 Å². The van der Waals surface area contributed by atoms with Crippen molar-refractivity contribution in [1.29, 1.82) is 0 Å². The van der Waals surface area contributed by atoms with Gasteiger partial charge in [-0.05, 0) is 53.6 Å². The van der Waals surface area contributed by atoms with Gasteiger partial charge in [-0.3, -0.25) is 0 Å². The van der Waals surface area contributed by atoms with Crippen LogP contribution in [0.1, 0.15) is 34.8 Å². The molecule has 0 amide bonds. The third-order valence-electron chi connectivity index (χ3n) is 3.70. The molecule has 0 spiro atoms. The molecule has 0 aromatic heterocycles. The summed E-state index contributed by atoms with van der Waals surface area (Å²) in [5, 5.41) is 10.2. The molecule has 19 heavy (non-hydrogen) atoms. The molecule has 0 heterocycles. The first-order valence-electron chi connectivity index (χ1n) is 6.40. The fourth-order valence-corrected chi connectivity index (χ4v) is 2.64. The quantitative estimate of drug-likeness (QED) is 0.875. The summed E-state index contributed by atoms with van der Waals surface area (Å²) in [4.78, 5) is 0. The van der Waals surface area contributed by atoms with Gasteiger partial charge in [-0.1, -0.05) is 24.3 Å². The van der Waals surface area contributed by atoms with E-state index in [1.165, 1.54) is 17.2 Å². The molecule has 1 N–H and O–H groups in total. The van der Waals surface area contributed by atoms with E-state index in [9.17, 15) is 13.9 Å². The molecule has 2 aromatic carbocycles. The second-order valence-corrected chi connectivity index (χ2v) is 4.96. The molecular formula is C16H14F2O. The van der Waals surface area contributed by atoms with Crippen LogP contribution in [0.25, 0.3) is 0 Å². The lowest BCUT2D eigenvalue weighted by Crippen LogP contribution is -2.02. The first-order chi connectivity index (χ1) is 9.15. The summed E-state index contributed by atoms with van der Waals surface area (Å²) in [5.41, 5.74) is 3.67. The molecule has 3 heteroatoms. The van der Waals surface area contributed by atoms with Crippen molar-refractivity contribution in [3.05, 3.63) is 70.3 Å². The van der Waals surface area contributed by atoms with E-state index in [1.54, 1.807) is 0 Å². The normalized spacial score (nSPS) is 15.3. The first kappa shape index (κ1) is 12.3. The Morgan fingerprint density at radius 1 is 0.842 bits per heavy atom. The molecule has 0 bridgehead atoms. The van der Waals surface area contributed by atoms with Crippen LogP contribution in [0.15, 0.2) is 36.4 Å². The van der Waals surface area contributed by atoms with Gasteiger partial charge in [-0.15, -0.1) is 0 Å². The highest BCUT2D eigenvalue weighted by Gasteiger charge is 2.16. The zero-order valence-corrected chi connectivity index (χ0v) is 10.4. The lowest BCUT2D eigenvalue weighted by Gasteiger charge is -2.13. The van der Waals surface area contributed by atoms with Crippen LogP contribution in [0.2, 0.25) is 0 Å². The third-order valence-corrected chi connectivity index (χ3v) is 3.70. The number of halogens is 2. The van der Waals surface area contributed by atoms with Crippen LogP contribution in [-0.2, 0) is 12.8 Å². The second kappa shape index (κ2) is 4.74. The van der Waals surface area contributed by atoms with Crippen LogP contribution in [0, 0.1) is 11.6 Å². The number of hydrogen-bond donors (Lipinski definition) is 1. The molecule has 1 aliphatic rings. The minimum Gasteiger partial charge on any atom is -0.384 e. The smallest absolute Gasteiger partial charge is 0.159 e. The zero-order chi connectivity index (χ0) is 13.4. The Hall–Kier alpha value is -1.74. The molecule has 0 fully saturated rings. The molecule has 1 unspecified atom stereocenters. The molecule has 98 valence electrons. The average molecular weight is 260 g/mol. The highest BCUT2D eigenvalue weighted by Crippen LogP contribution is 2.28. The first-order valence-corrected chi connectivity index (χ1v) is 6.40. The molecule has 0 aliphatic heterocycles. The van der Waals surface area contributed by atoms with Gasteiger partial charge in [0.25, 0.3) is 0 Å². The predicted molar refractivity (Wildman–Crippen MR) is 68.9 cm³/mol. The van der Waals surface area contributed by atoms with Gasteiger partial charge >= 0.3 is 0 Å². The Balaban J connectivity index is 1.94. The summed E-state index contributed by atoms with van der Waals surface area (Å²) in [7, 11) is 0. The number of hydrogen-bond acceptors (Lipinski definition) is 1. The van der Waals surface area contributed by atoms with Gasteiger partial charge in [0.2, 0.25) is 0 Å². The molecular weight excluding hydrogens is 246 g/mol. The number of fused-ring (bicyclic) bond motifs is 1. The number of aryl methyl sites for hydroxylation is 2. The van der Waals surface area contributed by atoms with Gasteiger partial charge in [0, 0.05) is 0 Å². The maximum Gasteiger partial charge on any atom is 0.159 e. The van der Waals surface area contributed by atoms with Crippen LogP contribution in [0.3, 0.4) is 0 Å². The van der Waals surface area contributed by atoms with E-state index in [-0.39, 0.29) is 0 Å². The summed E-state index contributed by atoms with van der Waals surface area (Å²) in [6.45, 7) is 0. The number of rotatable bonds is 2. The lowest BCUT2D eigenvalue weighted by atomic mass is 9.98. The Kier molecular flexibility index (Phi) is 3.07. The standard InChI is InChI=1S/C16H14F2O/c17-14-7-6-13(9-15(14)18)16(19)12-5-4-10-2-1-3-11(10)8-12/h4-9,16,19H,1-3H2. The molecule has 2 aromatic rings. The molecule has 0 saturated heterocycles. The Morgan fingerprint density at radius 2 is 1.53 bits per heavy atom. The molecule has 0 saturated carbocycles. The maximum atomic E-state index is 13.2. The highest BCUT2D eigenvalue weighted by atomic mass is 19.2. The van der Waals surface area contributed by atoms with Crippen LogP contribution in [0.5, 0.6) is 0 Å². The maximum absolute atomic E-state index is 13.2. The summed E-state index contributed by atoms with van der Waals surface area (Å²) in [5.74, 6) is -1.83. The van der Waals surface area contributed by atoms with Crippen molar-refractivity contribution in [2.24, 2.45) is 0 Å². The van der Waals surface area contributed by atoms with Crippen LogP contribution in [-0.4, -0.2) is 5.11 Å². The monoisotopic (exact) mass is 260 g/mol. The topological polar surface area (TPSA) is 20.2 Å². The molecule has 1 nitrogen and oxygen atoms in total. The van der Waals surface area contributed by atoms with Crippen molar-refractivity contribution in [3.63, 3.8) is 0 Å².